The Balaban J connectivity index is 1.09. The lowest BCUT2D eigenvalue weighted by Gasteiger charge is -2.36. The molecule has 3 aromatic rings. The Labute approximate surface area is 194 Å². The lowest BCUT2D eigenvalue weighted by Crippen LogP contribution is -2.46. The number of likely N-dealkylation sites (tertiary alicyclic amines) is 1. The smallest absolute Gasteiger partial charge is 0.270 e. The molecule has 6 rings (SSSR count). The Hall–Kier alpha value is -2.69. The van der Waals surface area contributed by atoms with Gasteiger partial charge in [0, 0.05) is 31.7 Å². The summed E-state index contributed by atoms with van der Waals surface area (Å²) in [6.45, 7) is 4.18. The molecular weight excluding hydrogens is 440 g/mol. The van der Waals surface area contributed by atoms with E-state index in [0.717, 1.165) is 56.9 Å². The van der Waals surface area contributed by atoms with Gasteiger partial charge in [0.15, 0.2) is 5.75 Å². The predicted octanol–water partition coefficient (Wildman–Crippen LogP) is 1.59. The van der Waals surface area contributed by atoms with Crippen molar-refractivity contribution >= 4 is 22.9 Å². The lowest BCUT2D eigenvalue weighted by molar-refractivity contribution is 0.163. The highest BCUT2D eigenvalue weighted by atomic mass is 32.2. The normalized spacial score (nSPS) is 20.7. The highest BCUT2D eigenvalue weighted by molar-refractivity contribution is 7.99. The first-order chi connectivity index (χ1) is 16.2. The van der Waals surface area contributed by atoms with Crippen LogP contribution in [0.3, 0.4) is 0 Å². The predicted molar refractivity (Wildman–Crippen MR) is 126 cm³/mol. The fourth-order valence-electron chi connectivity index (χ4n) is 5.16. The number of hydrogen-bond donors (Lipinski definition) is 1. The maximum Gasteiger partial charge on any atom is 0.270 e. The summed E-state index contributed by atoms with van der Waals surface area (Å²) >= 11 is 1.71. The number of hydrogen-bond acceptors (Lipinski definition) is 8. The van der Waals surface area contributed by atoms with Gasteiger partial charge in [-0.2, -0.15) is 0 Å². The first-order valence-electron chi connectivity index (χ1n) is 11.5. The minimum Gasteiger partial charge on any atom is -0.480 e. The van der Waals surface area contributed by atoms with Crippen molar-refractivity contribution in [1.29, 1.82) is 0 Å². The van der Waals surface area contributed by atoms with Crippen molar-refractivity contribution in [3.05, 3.63) is 57.0 Å². The van der Waals surface area contributed by atoms with Crippen LogP contribution < -0.4 is 21.2 Å². The fraction of sp³-hybridized carbons (Fsp3) is 0.478. The molecule has 10 heteroatoms. The number of fused-ring (bicyclic) bond motifs is 1. The number of rotatable bonds is 5. The molecule has 0 amide bonds. The molecule has 0 aromatic carbocycles. The molecule has 0 saturated carbocycles. The standard InChI is InChI=1S/C23H26N6O3S/c30-21-2-1-18-23-28(21)8-5-17(29(23)22(31)12-26-18)13-27-6-3-15(4-7-27)24-10-16-9-20-19(11-25-16)32-14-33-20/h1-2,9,11-12,15,17,24H,3-8,10,13-14H2. The second-order valence-electron chi connectivity index (χ2n) is 8.93. The van der Waals surface area contributed by atoms with E-state index in [1.165, 1.54) is 17.2 Å². The minimum absolute atomic E-state index is 0.0599. The van der Waals surface area contributed by atoms with Crippen LogP contribution in [0.25, 0.3) is 11.2 Å². The molecule has 172 valence electrons. The molecule has 3 aromatic heterocycles. The number of aromatic nitrogens is 4. The summed E-state index contributed by atoms with van der Waals surface area (Å²) in [7, 11) is 0. The second kappa shape index (κ2) is 8.58. The fourth-order valence-corrected chi connectivity index (χ4v) is 5.94. The van der Waals surface area contributed by atoms with Crippen molar-refractivity contribution in [2.45, 2.75) is 49.3 Å². The third-order valence-electron chi connectivity index (χ3n) is 6.91. The zero-order valence-corrected chi connectivity index (χ0v) is 19.1. The van der Waals surface area contributed by atoms with Crippen molar-refractivity contribution in [2.75, 3.05) is 25.6 Å². The highest BCUT2D eigenvalue weighted by Crippen LogP contribution is 2.35. The van der Waals surface area contributed by atoms with Crippen LogP contribution in [0.15, 0.2) is 45.1 Å². The van der Waals surface area contributed by atoms with Gasteiger partial charge in [0.25, 0.3) is 11.1 Å². The summed E-state index contributed by atoms with van der Waals surface area (Å²) in [5, 5.41) is 3.66. The number of pyridine rings is 2. The van der Waals surface area contributed by atoms with E-state index in [1.807, 2.05) is 6.20 Å². The molecule has 0 aliphatic carbocycles. The van der Waals surface area contributed by atoms with Crippen LogP contribution in [-0.2, 0) is 13.1 Å². The summed E-state index contributed by atoms with van der Waals surface area (Å²) in [5.41, 5.74) is 2.21. The molecule has 6 heterocycles. The molecule has 3 aliphatic rings. The van der Waals surface area contributed by atoms with Crippen molar-refractivity contribution in [3.63, 3.8) is 0 Å². The van der Waals surface area contributed by atoms with Crippen LogP contribution in [0.2, 0.25) is 0 Å². The van der Waals surface area contributed by atoms with Gasteiger partial charge < -0.3 is 15.0 Å². The Morgan fingerprint density at radius 1 is 1.06 bits per heavy atom. The Bertz CT molecular complexity index is 1310. The van der Waals surface area contributed by atoms with Gasteiger partial charge in [-0.05, 0) is 44.5 Å². The van der Waals surface area contributed by atoms with E-state index >= 15 is 0 Å². The number of thioether (sulfide) groups is 1. The van der Waals surface area contributed by atoms with E-state index in [1.54, 1.807) is 27.0 Å². The van der Waals surface area contributed by atoms with Gasteiger partial charge in [-0.1, -0.05) is 11.8 Å². The minimum atomic E-state index is -0.131. The third-order valence-corrected chi connectivity index (χ3v) is 7.78. The summed E-state index contributed by atoms with van der Waals surface area (Å²) in [4.78, 5) is 37.4. The van der Waals surface area contributed by atoms with Gasteiger partial charge in [0.2, 0.25) is 0 Å². The first-order valence-corrected chi connectivity index (χ1v) is 12.5. The van der Waals surface area contributed by atoms with Crippen molar-refractivity contribution in [2.24, 2.45) is 0 Å². The third kappa shape index (κ3) is 3.96. The molecule has 1 unspecified atom stereocenters. The molecule has 1 saturated heterocycles. The molecule has 1 atom stereocenters. The SMILES string of the molecule is O=c1ccc2ncc(=O)n3c2n1CCC3CN1CCC(NCc2cc3c(cn2)OCS3)CC1. The first kappa shape index (κ1) is 20.9. The molecule has 1 N–H and O–H groups in total. The van der Waals surface area contributed by atoms with Crippen molar-refractivity contribution < 1.29 is 4.74 Å². The van der Waals surface area contributed by atoms with E-state index in [2.05, 4.69) is 26.3 Å². The molecule has 0 radical (unpaired) electrons. The monoisotopic (exact) mass is 466 g/mol. The van der Waals surface area contributed by atoms with Gasteiger partial charge in [0.05, 0.1) is 29.0 Å². The van der Waals surface area contributed by atoms with E-state index < -0.39 is 0 Å². The van der Waals surface area contributed by atoms with Crippen LogP contribution >= 0.6 is 11.8 Å². The van der Waals surface area contributed by atoms with Gasteiger partial charge in [0.1, 0.15) is 17.1 Å². The molecule has 0 bridgehead atoms. The number of piperidine rings is 1. The maximum atomic E-state index is 12.7. The zero-order valence-electron chi connectivity index (χ0n) is 18.3. The van der Waals surface area contributed by atoms with Crippen LogP contribution in [0, 0.1) is 0 Å². The summed E-state index contributed by atoms with van der Waals surface area (Å²) < 4.78 is 8.98. The highest BCUT2D eigenvalue weighted by Gasteiger charge is 2.27. The molecule has 33 heavy (non-hydrogen) atoms. The Morgan fingerprint density at radius 3 is 2.82 bits per heavy atom. The quantitative estimate of drug-likeness (QED) is 0.606. The van der Waals surface area contributed by atoms with Gasteiger partial charge in [-0.25, -0.2) is 4.98 Å². The molecular formula is C23H26N6O3S. The van der Waals surface area contributed by atoms with E-state index in [-0.39, 0.29) is 17.2 Å². The van der Waals surface area contributed by atoms with Crippen LogP contribution in [-0.4, -0.2) is 55.6 Å². The summed E-state index contributed by atoms with van der Waals surface area (Å²) in [6.07, 6.45) is 6.10. The largest absolute Gasteiger partial charge is 0.480 e. The number of aryl methyl sites for hydroxylation is 1. The van der Waals surface area contributed by atoms with Gasteiger partial charge in [-0.15, -0.1) is 0 Å². The second-order valence-corrected chi connectivity index (χ2v) is 9.89. The Kier molecular flexibility index (Phi) is 5.43. The average molecular weight is 467 g/mol. The summed E-state index contributed by atoms with van der Waals surface area (Å²) in [6, 6.07) is 5.89. The van der Waals surface area contributed by atoms with Crippen LogP contribution in [0.5, 0.6) is 5.75 Å². The van der Waals surface area contributed by atoms with E-state index in [9.17, 15) is 9.59 Å². The summed E-state index contributed by atoms with van der Waals surface area (Å²) in [5.74, 6) is 1.56. The lowest BCUT2D eigenvalue weighted by atomic mass is 10.0. The molecule has 9 nitrogen and oxygen atoms in total. The van der Waals surface area contributed by atoms with Crippen LogP contribution in [0.4, 0.5) is 0 Å². The van der Waals surface area contributed by atoms with Gasteiger partial charge in [-0.3, -0.25) is 23.7 Å². The van der Waals surface area contributed by atoms with E-state index in [0.29, 0.717) is 29.7 Å². The molecule has 3 aliphatic heterocycles. The van der Waals surface area contributed by atoms with Crippen molar-refractivity contribution in [3.8, 4) is 5.75 Å². The number of nitrogens with one attached hydrogen (secondary N) is 1. The molecule has 0 spiro atoms. The number of ether oxygens (including phenoxy) is 1. The van der Waals surface area contributed by atoms with Crippen LogP contribution in [0.1, 0.15) is 31.0 Å². The Morgan fingerprint density at radius 2 is 1.94 bits per heavy atom. The van der Waals surface area contributed by atoms with E-state index in [4.69, 9.17) is 4.74 Å². The molecule has 1 fully saturated rings. The topological polar surface area (TPSA) is 94.3 Å². The van der Waals surface area contributed by atoms with Crippen molar-refractivity contribution in [1.82, 2.24) is 29.3 Å². The van der Waals surface area contributed by atoms with Gasteiger partial charge >= 0.3 is 0 Å². The average Bonchev–Trinajstić information content (AvgIpc) is 3.31. The maximum absolute atomic E-state index is 12.7. The number of nitrogens with zero attached hydrogens (tertiary/aromatic N) is 5. The zero-order chi connectivity index (χ0) is 22.4.